The van der Waals surface area contributed by atoms with E-state index in [-0.39, 0.29) is 36.1 Å². The van der Waals surface area contributed by atoms with Gasteiger partial charge in [-0.3, -0.25) is 4.79 Å². The summed E-state index contributed by atoms with van der Waals surface area (Å²) in [6.07, 6.45) is 3.23. The lowest BCUT2D eigenvalue weighted by Crippen LogP contribution is -2.32. The molecule has 0 aromatic heterocycles. The summed E-state index contributed by atoms with van der Waals surface area (Å²) in [5.41, 5.74) is 0. The van der Waals surface area contributed by atoms with Crippen LogP contribution in [0.2, 0.25) is 0 Å². The highest BCUT2D eigenvalue weighted by Crippen LogP contribution is 2.32. The molecule has 0 radical (unpaired) electrons. The van der Waals surface area contributed by atoms with Crippen LogP contribution in [0.4, 0.5) is 0 Å². The number of hydrogen-bond donors (Lipinski definition) is 1. The Balaban J connectivity index is 2.47. The van der Waals surface area contributed by atoms with Gasteiger partial charge < -0.3 is 14.6 Å². The van der Waals surface area contributed by atoms with Crippen LogP contribution < -0.4 is 0 Å². The Morgan fingerprint density at radius 2 is 2.00 bits per heavy atom. The molecule has 0 amide bonds. The molecule has 0 saturated carbocycles. The SMILES string of the molecule is CCC[C@H](O)[C@H](C)[C@H]1CC[C@@H]([C@H](C)C(=O)OC)O1. The molecule has 4 nitrogen and oxygen atoms in total. The predicted octanol–water partition coefficient (Wildman–Crippen LogP) is 2.14. The van der Waals surface area contributed by atoms with Crippen molar-refractivity contribution in [2.24, 2.45) is 11.8 Å². The van der Waals surface area contributed by atoms with Crippen molar-refractivity contribution in [3.63, 3.8) is 0 Å². The van der Waals surface area contributed by atoms with E-state index in [4.69, 9.17) is 9.47 Å². The normalized spacial score (nSPS) is 28.7. The molecule has 18 heavy (non-hydrogen) atoms. The van der Waals surface area contributed by atoms with Crippen molar-refractivity contribution in [3.05, 3.63) is 0 Å². The highest BCUT2D eigenvalue weighted by atomic mass is 16.5. The van der Waals surface area contributed by atoms with Gasteiger partial charge in [-0.25, -0.2) is 0 Å². The third kappa shape index (κ3) is 3.69. The van der Waals surface area contributed by atoms with Crippen molar-refractivity contribution in [1.82, 2.24) is 0 Å². The molecule has 4 heteroatoms. The van der Waals surface area contributed by atoms with Gasteiger partial charge in [0, 0.05) is 5.92 Å². The minimum atomic E-state index is -0.313. The van der Waals surface area contributed by atoms with Crippen LogP contribution in [-0.2, 0) is 14.3 Å². The number of hydrogen-bond acceptors (Lipinski definition) is 4. The smallest absolute Gasteiger partial charge is 0.311 e. The van der Waals surface area contributed by atoms with Crippen LogP contribution in [0.25, 0.3) is 0 Å². The van der Waals surface area contributed by atoms with E-state index in [2.05, 4.69) is 6.92 Å². The first-order valence-electron chi connectivity index (χ1n) is 6.92. The van der Waals surface area contributed by atoms with Gasteiger partial charge in [0.1, 0.15) is 0 Å². The molecule has 1 N–H and O–H groups in total. The topological polar surface area (TPSA) is 55.8 Å². The second kappa shape index (κ2) is 7.10. The van der Waals surface area contributed by atoms with Crippen molar-refractivity contribution in [1.29, 1.82) is 0 Å². The maximum absolute atomic E-state index is 11.5. The molecule has 106 valence electrons. The maximum Gasteiger partial charge on any atom is 0.311 e. The quantitative estimate of drug-likeness (QED) is 0.742. The van der Waals surface area contributed by atoms with Crippen molar-refractivity contribution in [3.8, 4) is 0 Å². The van der Waals surface area contributed by atoms with E-state index in [9.17, 15) is 9.90 Å². The van der Waals surface area contributed by atoms with Gasteiger partial charge in [-0.05, 0) is 26.2 Å². The zero-order chi connectivity index (χ0) is 13.7. The minimum absolute atomic E-state index is 0.0589. The van der Waals surface area contributed by atoms with Gasteiger partial charge in [0.2, 0.25) is 0 Å². The van der Waals surface area contributed by atoms with Crippen LogP contribution >= 0.6 is 0 Å². The summed E-state index contributed by atoms with van der Waals surface area (Å²) >= 11 is 0. The third-order valence-electron chi connectivity index (χ3n) is 3.99. The van der Waals surface area contributed by atoms with Crippen molar-refractivity contribution >= 4 is 5.97 Å². The van der Waals surface area contributed by atoms with E-state index in [1.807, 2.05) is 13.8 Å². The van der Waals surface area contributed by atoms with Gasteiger partial charge in [0.15, 0.2) is 0 Å². The molecule has 0 aromatic rings. The van der Waals surface area contributed by atoms with Crippen LogP contribution in [0.1, 0.15) is 46.5 Å². The lowest BCUT2D eigenvalue weighted by atomic mass is 9.93. The Hall–Kier alpha value is -0.610. The summed E-state index contributed by atoms with van der Waals surface area (Å²) in [4.78, 5) is 11.5. The van der Waals surface area contributed by atoms with Crippen LogP contribution in [0.5, 0.6) is 0 Å². The fraction of sp³-hybridized carbons (Fsp3) is 0.929. The molecule has 1 fully saturated rings. The molecule has 5 atom stereocenters. The van der Waals surface area contributed by atoms with Crippen LogP contribution in [0.15, 0.2) is 0 Å². The molecular weight excluding hydrogens is 232 g/mol. The molecule has 1 rings (SSSR count). The van der Waals surface area contributed by atoms with Crippen molar-refractivity contribution in [2.75, 3.05) is 7.11 Å². The fourth-order valence-electron chi connectivity index (χ4n) is 2.59. The van der Waals surface area contributed by atoms with Crippen LogP contribution in [0.3, 0.4) is 0 Å². The van der Waals surface area contributed by atoms with Gasteiger partial charge >= 0.3 is 5.97 Å². The number of ether oxygens (including phenoxy) is 2. The van der Waals surface area contributed by atoms with Crippen molar-refractivity contribution in [2.45, 2.75) is 64.8 Å². The first kappa shape index (κ1) is 15.4. The lowest BCUT2D eigenvalue weighted by molar-refractivity contribution is -0.150. The molecule has 1 heterocycles. The number of carbonyl (C=O) groups is 1. The van der Waals surface area contributed by atoms with Gasteiger partial charge in [0.05, 0.1) is 31.3 Å². The first-order valence-corrected chi connectivity index (χ1v) is 6.92. The average molecular weight is 258 g/mol. The standard InChI is InChI=1S/C14H26O4/c1-5-6-11(15)9(2)12-7-8-13(18-12)10(3)14(16)17-4/h9-13,15H,5-8H2,1-4H3/t9-,10-,11-,12+,13-/m0/s1. The van der Waals surface area contributed by atoms with Crippen LogP contribution in [0, 0.1) is 11.8 Å². The largest absolute Gasteiger partial charge is 0.469 e. The number of esters is 1. The molecule has 0 unspecified atom stereocenters. The Kier molecular flexibility index (Phi) is 6.09. The second-order valence-corrected chi connectivity index (χ2v) is 5.32. The van der Waals surface area contributed by atoms with E-state index in [1.54, 1.807) is 0 Å². The maximum atomic E-state index is 11.5. The number of aliphatic hydroxyl groups is 1. The van der Waals surface area contributed by atoms with E-state index >= 15 is 0 Å². The fourth-order valence-corrected chi connectivity index (χ4v) is 2.59. The second-order valence-electron chi connectivity index (χ2n) is 5.32. The van der Waals surface area contributed by atoms with Gasteiger partial charge in [-0.2, -0.15) is 0 Å². The molecule has 0 bridgehead atoms. The summed E-state index contributed by atoms with van der Waals surface area (Å²) < 4.78 is 10.7. The highest BCUT2D eigenvalue weighted by molar-refractivity contribution is 5.72. The summed E-state index contributed by atoms with van der Waals surface area (Å²) in [5, 5.41) is 9.99. The molecule has 1 aliphatic rings. The van der Waals surface area contributed by atoms with E-state index in [0.29, 0.717) is 0 Å². The van der Waals surface area contributed by atoms with E-state index in [0.717, 1.165) is 25.7 Å². The summed E-state index contributed by atoms with van der Waals surface area (Å²) in [5.74, 6) is -0.322. The zero-order valence-corrected chi connectivity index (χ0v) is 11.9. The zero-order valence-electron chi connectivity index (χ0n) is 11.9. The van der Waals surface area contributed by atoms with Gasteiger partial charge in [0.25, 0.3) is 0 Å². The molecule has 0 aromatic carbocycles. The third-order valence-corrected chi connectivity index (χ3v) is 3.99. The van der Waals surface area contributed by atoms with Gasteiger partial charge in [-0.1, -0.05) is 20.3 Å². The van der Waals surface area contributed by atoms with E-state index < -0.39 is 0 Å². The Morgan fingerprint density at radius 3 is 2.56 bits per heavy atom. The van der Waals surface area contributed by atoms with Crippen LogP contribution in [-0.4, -0.2) is 36.5 Å². The van der Waals surface area contributed by atoms with Gasteiger partial charge in [-0.15, -0.1) is 0 Å². The molecule has 0 aliphatic carbocycles. The summed E-state index contributed by atoms with van der Waals surface area (Å²) in [7, 11) is 1.40. The molecule has 1 saturated heterocycles. The summed E-state index contributed by atoms with van der Waals surface area (Å²) in [6.45, 7) is 5.93. The Bertz CT molecular complexity index is 267. The monoisotopic (exact) mass is 258 g/mol. The number of carbonyl (C=O) groups excluding carboxylic acids is 1. The molecule has 1 aliphatic heterocycles. The van der Waals surface area contributed by atoms with Crippen molar-refractivity contribution < 1.29 is 19.4 Å². The number of methoxy groups -OCH3 is 1. The molecule has 0 spiro atoms. The predicted molar refractivity (Wildman–Crippen MR) is 69.2 cm³/mol. The molecular formula is C14H26O4. The first-order chi connectivity index (χ1) is 8.51. The highest BCUT2D eigenvalue weighted by Gasteiger charge is 2.37. The average Bonchev–Trinajstić information content (AvgIpc) is 2.85. The van der Waals surface area contributed by atoms with E-state index in [1.165, 1.54) is 7.11 Å². The lowest BCUT2D eigenvalue weighted by Gasteiger charge is -2.25. The Labute approximate surface area is 110 Å². The number of rotatable bonds is 6. The summed E-state index contributed by atoms with van der Waals surface area (Å²) in [6, 6.07) is 0. The minimum Gasteiger partial charge on any atom is -0.469 e. The Morgan fingerprint density at radius 1 is 1.39 bits per heavy atom. The number of aliphatic hydroxyl groups excluding tert-OH is 1.